The minimum Gasteiger partial charge on any atom is -0.473 e. The summed E-state index contributed by atoms with van der Waals surface area (Å²) in [5, 5.41) is 5.30. The van der Waals surface area contributed by atoms with Crippen LogP contribution in [0.1, 0.15) is 36.2 Å². The van der Waals surface area contributed by atoms with Gasteiger partial charge in [-0.1, -0.05) is 25.5 Å². The van der Waals surface area contributed by atoms with Crippen molar-refractivity contribution in [3.8, 4) is 5.75 Å². The molecule has 0 atom stereocenters. The van der Waals surface area contributed by atoms with Gasteiger partial charge in [-0.15, -0.1) is 0 Å². The van der Waals surface area contributed by atoms with Crippen molar-refractivity contribution in [2.24, 2.45) is 0 Å². The number of hydrogen-bond acceptors (Lipinski definition) is 3. The molecule has 0 aliphatic rings. The number of aryl methyl sites for hydroxylation is 1. The second kappa shape index (κ2) is 8.72. The highest BCUT2D eigenvalue weighted by Crippen LogP contribution is 2.13. The lowest BCUT2D eigenvalue weighted by Gasteiger charge is -2.10. The minimum absolute atomic E-state index is 0.00985. The summed E-state index contributed by atoms with van der Waals surface area (Å²) in [7, 11) is 0. The van der Waals surface area contributed by atoms with Crippen molar-refractivity contribution in [1.82, 2.24) is 5.32 Å². The van der Waals surface area contributed by atoms with Gasteiger partial charge in [0, 0.05) is 11.3 Å². The molecule has 24 heavy (non-hydrogen) atoms. The molecule has 2 amide bonds. The van der Waals surface area contributed by atoms with Crippen LogP contribution >= 0.6 is 0 Å². The first-order valence-corrected chi connectivity index (χ1v) is 7.96. The van der Waals surface area contributed by atoms with E-state index in [0.717, 1.165) is 12.8 Å². The van der Waals surface area contributed by atoms with E-state index in [-0.39, 0.29) is 18.5 Å². The highest BCUT2D eigenvalue weighted by atomic mass is 16.5. The van der Waals surface area contributed by atoms with E-state index in [2.05, 4.69) is 17.6 Å². The van der Waals surface area contributed by atoms with E-state index < -0.39 is 0 Å². The van der Waals surface area contributed by atoms with Gasteiger partial charge in [-0.05, 0) is 55.3 Å². The van der Waals surface area contributed by atoms with Crippen LogP contribution in [0.4, 0.5) is 10.5 Å². The van der Waals surface area contributed by atoms with Gasteiger partial charge in [0.2, 0.25) is 0 Å². The summed E-state index contributed by atoms with van der Waals surface area (Å²) < 4.78 is 5.48. The predicted octanol–water partition coefficient (Wildman–Crippen LogP) is 4.00. The number of amides is 2. The maximum Gasteiger partial charge on any atom is 0.321 e. The number of Topliss-reactive ketones (excluding diaryl/α,β-unsaturated/α-hetero) is 1. The fourth-order valence-electron chi connectivity index (χ4n) is 2.19. The Labute approximate surface area is 142 Å². The smallest absolute Gasteiger partial charge is 0.321 e. The summed E-state index contributed by atoms with van der Waals surface area (Å²) in [5.74, 6) is 0.699. The molecule has 2 aromatic rings. The number of ether oxygens (including phenoxy) is 1. The van der Waals surface area contributed by atoms with E-state index in [1.165, 1.54) is 12.5 Å². The van der Waals surface area contributed by atoms with Gasteiger partial charge in [0.15, 0.2) is 12.5 Å². The molecule has 0 saturated carbocycles. The molecule has 0 fully saturated rings. The normalized spacial score (nSPS) is 10.1. The molecule has 0 unspecified atom stereocenters. The summed E-state index contributed by atoms with van der Waals surface area (Å²) in [5.41, 5.74) is 2.49. The SMILES string of the molecule is CCCc1ccc(OCNC(=O)Nc2ccc(C(C)=O)cc2)cc1. The number of benzene rings is 2. The van der Waals surface area contributed by atoms with Crippen molar-refractivity contribution >= 4 is 17.5 Å². The van der Waals surface area contributed by atoms with Crippen LogP contribution in [0.2, 0.25) is 0 Å². The number of carbonyl (C=O) groups excluding carboxylic acids is 2. The summed E-state index contributed by atoms with van der Waals surface area (Å²) in [6.07, 6.45) is 2.15. The monoisotopic (exact) mass is 326 g/mol. The molecule has 5 heteroatoms. The number of ketones is 1. The molecule has 0 bridgehead atoms. The largest absolute Gasteiger partial charge is 0.473 e. The summed E-state index contributed by atoms with van der Waals surface area (Å²) in [4.78, 5) is 23.0. The molecule has 5 nitrogen and oxygen atoms in total. The van der Waals surface area contributed by atoms with Crippen molar-refractivity contribution in [1.29, 1.82) is 0 Å². The Kier molecular flexibility index (Phi) is 6.37. The van der Waals surface area contributed by atoms with E-state index in [0.29, 0.717) is 17.0 Å². The van der Waals surface area contributed by atoms with E-state index in [4.69, 9.17) is 4.74 Å². The highest BCUT2D eigenvalue weighted by Gasteiger charge is 2.03. The second-order valence-electron chi connectivity index (χ2n) is 5.45. The molecule has 0 heterocycles. The lowest BCUT2D eigenvalue weighted by atomic mass is 10.1. The number of urea groups is 1. The molecule has 0 aliphatic carbocycles. The van der Waals surface area contributed by atoms with Crippen molar-refractivity contribution in [3.05, 3.63) is 59.7 Å². The van der Waals surface area contributed by atoms with Gasteiger partial charge in [0.05, 0.1) is 0 Å². The molecule has 2 N–H and O–H groups in total. The predicted molar refractivity (Wildman–Crippen MR) is 94.5 cm³/mol. The van der Waals surface area contributed by atoms with Gasteiger partial charge < -0.3 is 15.4 Å². The van der Waals surface area contributed by atoms with Crippen molar-refractivity contribution in [3.63, 3.8) is 0 Å². The quantitative estimate of drug-likeness (QED) is 0.597. The number of nitrogens with one attached hydrogen (secondary N) is 2. The van der Waals surface area contributed by atoms with Gasteiger partial charge in [-0.3, -0.25) is 4.79 Å². The third-order valence-electron chi connectivity index (χ3n) is 3.48. The topological polar surface area (TPSA) is 67.4 Å². The second-order valence-corrected chi connectivity index (χ2v) is 5.45. The van der Waals surface area contributed by atoms with Gasteiger partial charge in [0.1, 0.15) is 5.75 Å². The Morgan fingerprint density at radius 1 is 1.00 bits per heavy atom. The van der Waals surface area contributed by atoms with Crippen LogP contribution in [-0.2, 0) is 6.42 Å². The van der Waals surface area contributed by atoms with Crippen molar-refractivity contribution < 1.29 is 14.3 Å². The Bertz CT molecular complexity index is 679. The molecule has 0 saturated heterocycles. The van der Waals surface area contributed by atoms with Crippen LogP contribution in [0.3, 0.4) is 0 Å². The van der Waals surface area contributed by atoms with Gasteiger partial charge in [-0.25, -0.2) is 4.79 Å². The molecule has 0 aromatic heterocycles. The fourth-order valence-corrected chi connectivity index (χ4v) is 2.19. The number of carbonyl (C=O) groups is 2. The Morgan fingerprint density at radius 2 is 1.67 bits per heavy atom. The summed E-state index contributed by atoms with van der Waals surface area (Å²) in [6, 6.07) is 14.2. The molecule has 2 aromatic carbocycles. The van der Waals surface area contributed by atoms with E-state index in [9.17, 15) is 9.59 Å². The van der Waals surface area contributed by atoms with Gasteiger partial charge >= 0.3 is 6.03 Å². The molecule has 0 spiro atoms. The van der Waals surface area contributed by atoms with Crippen molar-refractivity contribution in [2.75, 3.05) is 12.0 Å². The van der Waals surface area contributed by atoms with Gasteiger partial charge in [-0.2, -0.15) is 0 Å². The molecule has 2 rings (SSSR count). The number of rotatable bonds is 7. The first-order chi connectivity index (χ1) is 11.6. The average molecular weight is 326 g/mol. The molecular weight excluding hydrogens is 304 g/mol. The van der Waals surface area contributed by atoms with E-state index in [1.807, 2.05) is 24.3 Å². The Balaban J connectivity index is 1.75. The van der Waals surface area contributed by atoms with Crippen LogP contribution < -0.4 is 15.4 Å². The molecule has 0 aliphatic heterocycles. The Morgan fingerprint density at radius 3 is 2.25 bits per heavy atom. The summed E-state index contributed by atoms with van der Waals surface area (Å²) in [6.45, 7) is 3.71. The molecule has 0 radical (unpaired) electrons. The first kappa shape index (κ1) is 17.5. The van der Waals surface area contributed by atoms with Crippen LogP contribution in [0.5, 0.6) is 5.75 Å². The zero-order valence-corrected chi connectivity index (χ0v) is 14.0. The minimum atomic E-state index is -0.367. The third kappa shape index (κ3) is 5.43. The summed E-state index contributed by atoms with van der Waals surface area (Å²) >= 11 is 0. The lowest BCUT2D eigenvalue weighted by Crippen LogP contribution is -2.32. The van der Waals surface area contributed by atoms with Crippen LogP contribution in [0.15, 0.2) is 48.5 Å². The van der Waals surface area contributed by atoms with E-state index >= 15 is 0 Å². The van der Waals surface area contributed by atoms with Crippen LogP contribution in [0.25, 0.3) is 0 Å². The average Bonchev–Trinajstić information content (AvgIpc) is 2.57. The van der Waals surface area contributed by atoms with E-state index in [1.54, 1.807) is 24.3 Å². The lowest BCUT2D eigenvalue weighted by molar-refractivity contribution is 0.101. The standard InChI is InChI=1S/C19H22N2O3/c1-3-4-15-5-11-18(12-6-15)24-13-20-19(23)21-17-9-7-16(8-10-17)14(2)22/h5-12H,3-4,13H2,1-2H3,(H2,20,21,23). The number of anilines is 1. The fraction of sp³-hybridized carbons (Fsp3) is 0.263. The Hall–Kier alpha value is -2.82. The molecule has 126 valence electrons. The zero-order valence-electron chi connectivity index (χ0n) is 14.0. The first-order valence-electron chi connectivity index (χ1n) is 7.96. The highest BCUT2D eigenvalue weighted by molar-refractivity contribution is 5.95. The zero-order chi connectivity index (χ0) is 17.4. The number of hydrogen-bond donors (Lipinski definition) is 2. The third-order valence-corrected chi connectivity index (χ3v) is 3.48. The maximum absolute atomic E-state index is 11.8. The van der Waals surface area contributed by atoms with Crippen LogP contribution in [0, 0.1) is 0 Å². The molecular formula is C19H22N2O3. The van der Waals surface area contributed by atoms with Gasteiger partial charge in [0.25, 0.3) is 0 Å². The van der Waals surface area contributed by atoms with Crippen LogP contribution in [-0.4, -0.2) is 18.5 Å². The van der Waals surface area contributed by atoms with Crippen molar-refractivity contribution in [2.45, 2.75) is 26.7 Å². The maximum atomic E-state index is 11.8.